The van der Waals surface area contributed by atoms with Gasteiger partial charge in [-0.05, 0) is 24.3 Å². The van der Waals surface area contributed by atoms with E-state index in [4.69, 9.17) is 9.47 Å². The van der Waals surface area contributed by atoms with E-state index in [9.17, 15) is 10.1 Å². The van der Waals surface area contributed by atoms with Gasteiger partial charge in [0, 0.05) is 34.3 Å². The molecule has 7 nitrogen and oxygen atoms in total. The van der Waals surface area contributed by atoms with Crippen LogP contribution in [0.15, 0.2) is 42.7 Å². The van der Waals surface area contributed by atoms with Crippen molar-refractivity contribution in [2.45, 2.75) is 0 Å². The van der Waals surface area contributed by atoms with Crippen molar-refractivity contribution in [1.29, 1.82) is 5.26 Å². The third-order valence-electron chi connectivity index (χ3n) is 3.79. The minimum atomic E-state index is -0.539. The van der Waals surface area contributed by atoms with Crippen LogP contribution in [0.5, 0.6) is 11.6 Å². The lowest BCUT2D eigenvalue weighted by atomic mass is 9.98. The molecule has 2 aromatic heterocycles. The average molecular weight is 349 g/mol. The molecule has 0 bridgehead atoms. The Hall–Kier alpha value is -3.66. The normalized spacial score (nSPS) is 10.2. The number of nitrogens with zero attached hydrogens (tertiary/aromatic N) is 3. The van der Waals surface area contributed by atoms with Crippen LogP contribution in [0.2, 0.25) is 0 Å². The number of methoxy groups -OCH3 is 2. The second-order valence-corrected chi connectivity index (χ2v) is 5.27. The fourth-order valence-electron chi connectivity index (χ4n) is 2.57. The summed E-state index contributed by atoms with van der Waals surface area (Å²) in [7, 11) is 2.83. The smallest absolute Gasteiger partial charge is 0.343 e. The molecule has 0 atom stereocenters. The van der Waals surface area contributed by atoms with Crippen LogP contribution in [-0.4, -0.2) is 36.8 Å². The summed E-state index contributed by atoms with van der Waals surface area (Å²) >= 11 is 0. The Balaban J connectivity index is 2.26. The van der Waals surface area contributed by atoms with Gasteiger partial charge in [-0.2, -0.15) is 5.26 Å². The summed E-state index contributed by atoms with van der Waals surface area (Å²) in [4.78, 5) is 19.8. The van der Waals surface area contributed by atoms with Gasteiger partial charge in [0.25, 0.3) is 0 Å². The van der Waals surface area contributed by atoms with E-state index in [1.54, 1.807) is 43.8 Å². The number of pyridine rings is 2. The molecule has 0 aliphatic rings. The number of rotatable bonds is 5. The lowest BCUT2D eigenvalue weighted by Gasteiger charge is -2.14. The minimum Gasteiger partial charge on any atom is -0.497 e. The number of ether oxygens (including phenoxy) is 3. The van der Waals surface area contributed by atoms with Crippen molar-refractivity contribution in [3.8, 4) is 28.8 Å². The fraction of sp³-hybridized carbons (Fsp3) is 0.158. The molecule has 2 heterocycles. The second kappa shape index (κ2) is 7.49. The van der Waals surface area contributed by atoms with Crippen molar-refractivity contribution < 1.29 is 19.0 Å². The van der Waals surface area contributed by atoms with Crippen LogP contribution in [0.25, 0.3) is 21.9 Å². The van der Waals surface area contributed by atoms with Crippen LogP contribution in [0.3, 0.4) is 0 Å². The van der Waals surface area contributed by atoms with Crippen LogP contribution < -0.4 is 9.47 Å². The zero-order valence-corrected chi connectivity index (χ0v) is 14.2. The molecule has 3 aromatic rings. The van der Waals surface area contributed by atoms with Crippen LogP contribution >= 0.6 is 0 Å². The number of hydrogen-bond acceptors (Lipinski definition) is 7. The number of benzene rings is 1. The predicted octanol–water partition coefficient (Wildman–Crippen LogP) is 2.73. The molecule has 1 aromatic carbocycles. The Morgan fingerprint density at radius 3 is 2.73 bits per heavy atom. The minimum absolute atomic E-state index is 0.165. The SMILES string of the molecule is COC(=O)COc1nc(C#N)c(-c2cccnc2)c2cc(OC)ccc12. The van der Waals surface area contributed by atoms with Gasteiger partial charge in [0.05, 0.1) is 14.2 Å². The van der Waals surface area contributed by atoms with Crippen molar-refractivity contribution in [3.05, 3.63) is 48.4 Å². The van der Waals surface area contributed by atoms with Crippen molar-refractivity contribution in [2.75, 3.05) is 20.8 Å². The van der Waals surface area contributed by atoms with Gasteiger partial charge in [0.2, 0.25) is 5.88 Å². The zero-order chi connectivity index (χ0) is 18.5. The molecule has 0 spiro atoms. The molecule has 0 saturated heterocycles. The van der Waals surface area contributed by atoms with Gasteiger partial charge >= 0.3 is 5.97 Å². The van der Waals surface area contributed by atoms with E-state index in [1.807, 2.05) is 6.07 Å². The first-order valence-corrected chi connectivity index (χ1v) is 7.69. The second-order valence-electron chi connectivity index (χ2n) is 5.27. The van der Waals surface area contributed by atoms with Crippen LogP contribution in [0, 0.1) is 11.3 Å². The molecule has 0 N–H and O–H groups in total. The number of esters is 1. The number of nitriles is 1. The molecule has 0 saturated carbocycles. The van der Waals surface area contributed by atoms with E-state index in [-0.39, 0.29) is 18.2 Å². The maximum absolute atomic E-state index is 11.4. The van der Waals surface area contributed by atoms with Crippen LogP contribution in [0.1, 0.15) is 5.69 Å². The van der Waals surface area contributed by atoms with E-state index in [0.717, 1.165) is 5.56 Å². The Morgan fingerprint density at radius 1 is 1.23 bits per heavy atom. The predicted molar refractivity (Wildman–Crippen MR) is 93.8 cm³/mol. The lowest BCUT2D eigenvalue weighted by molar-refractivity contribution is -0.142. The van der Waals surface area contributed by atoms with Gasteiger partial charge in [-0.15, -0.1) is 0 Å². The number of hydrogen-bond donors (Lipinski definition) is 0. The Bertz CT molecular complexity index is 997. The lowest BCUT2D eigenvalue weighted by Crippen LogP contribution is -2.13. The van der Waals surface area contributed by atoms with E-state index in [1.165, 1.54) is 7.11 Å². The van der Waals surface area contributed by atoms with Gasteiger partial charge in [0.15, 0.2) is 12.3 Å². The molecule has 130 valence electrons. The molecule has 7 heteroatoms. The Morgan fingerprint density at radius 2 is 2.08 bits per heavy atom. The highest BCUT2D eigenvalue weighted by Gasteiger charge is 2.18. The highest BCUT2D eigenvalue weighted by molar-refractivity contribution is 6.01. The maximum atomic E-state index is 11.4. The van der Waals surface area contributed by atoms with E-state index in [2.05, 4.69) is 20.8 Å². The molecule has 0 aliphatic heterocycles. The van der Waals surface area contributed by atoms with Gasteiger partial charge in [0.1, 0.15) is 11.8 Å². The summed E-state index contributed by atoms with van der Waals surface area (Å²) in [5.74, 6) is 0.261. The topological polar surface area (TPSA) is 94.3 Å². The summed E-state index contributed by atoms with van der Waals surface area (Å²) in [5.41, 5.74) is 1.54. The first kappa shape index (κ1) is 17.2. The Kier molecular flexibility index (Phi) is 4.94. The van der Waals surface area contributed by atoms with Crippen LogP contribution in [0.4, 0.5) is 0 Å². The first-order valence-electron chi connectivity index (χ1n) is 7.69. The summed E-state index contributed by atoms with van der Waals surface area (Å²) in [5, 5.41) is 11.0. The fourth-order valence-corrected chi connectivity index (χ4v) is 2.57. The van der Waals surface area contributed by atoms with Crippen molar-refractivity contribution in [2.24, 2.45) is 0 Å². The number of fused-ring (bicyclic) bond motifs is 1. The molecule has 0 aliphatic carbocycles. The van der Waals surface area contributed by atoms with E-state index < -0.39 is 5.97 Å². The molecule has 0 amide bonds. The quantitative estimate of drug-likeness (QED) is 0.654. The molecular formula is C19H15N3O4. The standard InChI is InChI=1S/C19H15N3O4/c1-24-13-5-6-14-15(8-13)18(12-4-3-7-21-10-12)16(9-20)22-19(14)26-11-17(23)25-2/h3-8,10H,11H2,1-2H3. The van der Waals surface area contributed by atoms with E-state index >= 15 is 0 Å². The van der Waals surface area contributed by atoms with Crippen molar-refractivity contribution in [3.63, 3.8) is 0 Å². The third-order valence-corrected chi connectivity index (χ3v) is 3.79. The third kappa shape index (κ3) is 3.26. The molecule has 26 heavy (non-hydrogen) atoms. The number of aromatic nitrogens is 2. The van der Waals surface area contributed by atoms with Crippen molar-refractivity contribution in [1.82, 2.24) is 9.97 Å². The van der Waals surface area contributed by atoms with E-state index in [0.29, 0.717) is 22.1 Å². The summed E-state index contributed by atoms with van der Waals surface area (Å²) < 4.78 is 15.4. The molecular weight excluding hydrogens is 334 g/mol. The van der Waals surface area contributed by atoms with Gasteiger partial charge < -0.3 is 14.2 Å². The highest BCUT2D eigenvalue weighted by atomic mass is 16.6. The Labute approximate surface area is 149 Å². The van der Waals surface area contributed by atoms with Gasteiger partial charge in [-0.3, -0.25) is 4.98 Å². The van der Waals surface area contributed by atoms with Crippen LogP contribution in [-0.2, 0) is 9.53 Å². The van der Waals surface area contributed by atoms with Gasteiger partial charge in [-0.1, -0.05) is 6.07 Å². The maximum Gasteiger partial charge on any atom is 0.343 e. The molecule has 0 unspecified atom stereocenters. The zero-order valence-electron chi connectivity index (χ0n) is 14.2. The monoisotopic (exact) mass is 349 g/mol. The van der Waals surface area contributed by atoms with Crippen molar-refractivity contribution >= 4 is 16.7 Å². The molecule has 0 radical (unpaired) electrons. The average Bonchev–Trinajstić information content (AvgIpc) is 2.71. The number of carbonyl (C=O) groups is 1. The highest BCUT2D eigenvalue weighted by Crippen LogP contribution is 2.37. The summed E-state index contributed by atoms with van der Waals surface area (Å²) in [6.45, 7) is -0.304. The first-order chi connectivity index (χ1) is 12.7. The molecule has 0 fully saturated rings. The summed E-state index contributed by atoms with van der Waals surface area (Å²) in [6.07, 6.45) is 3.31. The molecule has 3 rings (SSSR count). The largest absolute Gasteiger partial charge is 0.497 e. The van der Waals surface area contributed by atoms with Gasteiger partial charge in [-0.25, -0.2) is 9.78 Å². The summed E-state index contributed by atoms with van der Waals surface area (Å²) in [6, 6.07) is 11.0. The number of carbonyl (C=O) groups excluding carboxylic acids is 1.